The monoisotopic (exact) mass is 266 g/mol. The number of carbonyl (C=O) groups excluding carboxylic acids is 1. The van der Waals surface area contributed by atoms with Crippen LogP contribution in [0.1, 0.15) is 38.3 Å². The van der Waals surface area contributed by atoms with Gasteiger partial charge in [0.05, 0.1) is 6.04 Å². The summed E-state index contributed by atoms with van der Waals surface area (Å²) >= 11 is 5.85. The van der Waals surface area contributed by atoms with Crippen LogP contribution < -0.4 is 10.6 Å². The first-order valence-electron chi connectivity index (χ1n) is 6.38. The van der Waals surface area contributed by atoms with Crippen molar-refractivity contribution < 1.29 is 4.79 Å². The van der Waals surface area contributed by atoms with Crippen LogP contribution in [0.15, 0.2) is 24.3 Å². The zero-order valence-electron chi connectivity index (χ0n) is 10.7. The number of halogens is 1. The Morgan fingerprint density at radius 3 is 2.44 bits per heavy atom. The highest BCUT2D eigenvalue weighted by Crippen LogP contribution is 2.19. The van der Waals surface area contributed by atoms with Gasteiger partial charge in [-0.3, -0.25) is 10.1 Å². The molecule has 1 amide bonds. The summed E-state index contributed by atoms with van der Waals surface area (Å²) in [4.78, 5) is 11.8. The molecule has 1 aliphatic carbocycles. The third-order valence-corrected chi connectivity index (χ3v) is 3.44. The first-order chi connectivity index (χ1) is 8.56. The van der Waals surface area contributed by atoms with E-state index in [0.29, 0.717) is 6.04 Å². The fourth-order valence-corrected chi connectivity index (χ4v) is 1.98. The Kier molecular flexibility index (Phi) is 4.25. The molecule has 0 aliphatic heterocycles. The molecule has 2 rings (SSSR count). The highest BCUT2D eigenvalue weighted by molar-refractivity contribution is 6.30. The first kappa shape index (κ1) is 13.4. The van der Waals surface area contributed by atoms with E-state index in [1.807, 2.05) is 38.1 Å². The largest absolute Gasteiger partial charge is 0.352 e. The van der Waals surface area contributed by atoms with Crippen LogP contribution in [0.2, 0.25) is 5.02 Å². The van der Waals surface area contributed by atoms with E-state index in [9.17, 15) is 4.79 Å². The molecule has 2 atom stereocenters. The standard InChI is InChI=1S/C14H19ClN2O/c1-9(11-3-5-12(15)6-4-11)16-10(2)14(18)17-13-7-8-13/h3-6,9-10,13,16H,7-8H2,1-2H3,(H,17,18). The van der Waals surface area contributed by atoms with Gasteiger partial charge in [-0.15, -0.1) is 0 Å². The van der Waals surface area contributed by atoms with Crippen LogP contribution in [0.25, 0.3) is 0 Å². The number of rotatable bonds is 5. The Balaban J connectivity index is 1.87. The molecule has 0 bridgehead atoms. The third-order valence-electron chi connectivity index (χ3n) is 3.19. The van der Waals surface area contributed by atoms with Crippen LogP contribution in [0, 0.1) is 0 Å². The molecule has 0 saturated heterocycles. The van der Waals surface area contributed by atoms with Gasteiger partial charge >= 0.3 is 0 Å². The molecule has 0 radical (unpaired) electrons. The predicted molar refractivity (Wildman–Crippen MR) is 73.6 cm³/mol. The van der Waals surface area contributed by atoms with E-state index >= 15 is 0 Å². The maximum absolute atomic E-state index is 11.8. The highest BCUT2D eigenvalue weighted by atomic mass is 35.5. The molecule has 0 heterocycles. The summed E-state index contributed by atoms with van der Waals surface area (Å²) in [7, 11) is 0. The molecule has 1 fully saturated rings. The topological polar surface area (TPSA) is 41.1 Å². The average Bonchev–Trinajstić information content (AvgIpc) is 3.13. The Labute approximate surface area is 113 Å². The van der Waals surface area contributed by atoms with Crippen molar-refractivity contribution in [3.05, 3.63) is 34.9 Å². The summed E-state index contributed by atoms with van der Waals surface area (Å²) in [6, 6.07) is 8.04. The summed E-state index contributed by atoms with van der Waals surface area (Å²) in [5.41, 5.74) is 1.13. The van der Waals surface area contributed by atoms with Crippen LogP contribution in [-0.4, -0.2) is 18.0 Å². The quantitative estimate of drug-likeness (QED) is 0.860. The molecular weight excluding hydrogens is 248 g/mol. The molecule has 1 aliphatic rings. The van der Waals surface area contributed by atoms with Crippen molar-refractivity contribution in [1.82, 2.24) is 10.6 Å². The van der Waals surface area contributed by atoms with Crippen LogP contribution in [0.3, 0.4) is 0 Å². The maximum atomic E-state index is 11.8. The zero-order chi connectivity index (χ0) is 13.1. The van der Waals surface area contributed by atoms with E-state index < -0.39 is 0 Å². The normalized spacial score (nSPS) is 18.2. The molecule has 98 valence electrons. The fourth-order valence-electron chi connectivity index (χ4n) is 1.85. The Bertz CT molecular complexity index is 414. The van der Waals surface area contributed by atoms with Gasteiger partial charge < -0.3 is 5.32 Å². The van der Waals surface area contributed by atoms with Crippen molar-refractivity contribution in [3.8, 4) is 0 Å². The Morgan fingerprint density at radius 1 is 1.28 bits per heavy atom. The van der Waals surface area contributed by atoms with Crippen LogP contribution in [0.5, 0.6) is 0 Å². The molecule has 2 N–H and O–H groups in total. The maximum Gasteiger partial charge on any atom is 0.237 e. The highest BCUT2D eigenvalue weighted by Gasteiger charge is 2.26. The second-order valence-electron chi connectivity index (χ2n) is 4.94. The van der Waals surface area contributed by atoms with Crippen molar-refractivity contribution in [2.45, 2.75) is 44.8 Å². The number of nitrogens with one attached hydrogen (secondary N) is 2. The van der Waals surface area contributed by atoms with Crippen LogP contribution in [0.4, 0.5) is 0 Å². The number of amides is 1. The predicted octanol–water partition coefficient (Wildman–Crippen LogP) is 2.66. The summed E-state index contributed by atoms with van der Waals surface area (Å²) in [5, 5.41) is 7.02. The Morgan fingerprint density at radius 2 is 1.89 bits per heavy atom. The van der Waals surface area contributed by atoms with Crippen LogP contribution in [-0.2, 0) is 4.79 Å². The molecule has 1 aromatic rings. The molecule has 2 unspecified atom stereocenters. The van der Waals surface area contributed by atoms with Gasteiger partial charge in [0.25, 0.3) is 0 Å². The average molecular weight is 267 g/mol. The van der Waals surface area contributed by atoms with E-state index in [0.717, 1.165) is 23.4 Å². The molecule has 3 nitrogen and oxygen atoms in total. The van der Waals surface area contributed by atoms with Crippen LogP contribution >= 0.6 is 11.6 Å². The van der Waals surface area contributed by atoms with Gasteiger partial charge in [-0.25, -0.2) is 0 Å². The minimum absolute atomic E-state index is 0.0818. The summed E-state index contributed by atoms with van der Waals surface area (Å²) < 4.78 is 0. The zero-order valence-corrected chi connectivity index (χ0v) is 11.5. The molecule has 1 aromatic carbocycles. The van der Waals surface area contributed by atoms with E-state index in [1.54, 1.807) is 0 Å². The fraction of sp³-hybridized carbons (Fsp3) is 0.500. The SMILES string of the molecule is CC(NC(C)c1ccc(Cl)cc1)C(=O)NC1CC1. The van der Waals surface area contributed by atoms with Gasteiger partial charge in [-0.05, 0) is 44.4 Å². The van der Waals surface area contributed by atoms with Gasteiger partial charge in [-0.1, -0.05) is 23.7 Å². The minimum atomic E-state index is -0.184. The van der Waals surface area contributed by atoms with Gasteiger partial charge in [0.15, 0.2) is 0 Å². The van der Waals surface area contributed by atoms with Crippen molar-refractivity contribution in [1.29, 1.82) is 0 Å². The number of benzene rings is 1. The minimum Gasteiger partial charge on any atom is -0.352 e. The van der Waals surface area contributed by atoms with Gasteiger partial charge in [0, 0.05) is 17.1 Å². The lowest BCUT2D eigenvalue weighted by molar-refractivity contribution is -0.123. The molecule has 1 saturated carbocycles. The smallest absolute Gasteiger partial charge is 0.237 e. The van der Waals surface area contributed by atoms with E-state index in [4.69, 9.17) is 11.6 Å². The van der Waals surface area contributed by atoms with Crippen molar-refractivity contribution in [3.63, 3.8) is 0 Å². The number of hydrogen-bond acceptors (Lipinski definition) is 2. The lowest BCUT2D eigenvalue weighted by Crippen LogP contribution is -2.43. The summed E-state index contributed by atoms with van der Waals surface area (Å²) in [6.45, 7) is 3.94. The summed E-state index contributed by atoms with van der Waals surface area (Å²) in [5.74, 6) is 0.0818. The Hall–Kier alpha value is -1.06. The van der Waals surface area contributed by atoms with E-state index in [1.165, 1.54) is 0 Å². The number of hydrogen-bond donors (Lipinski definition) is 2. The molecule has 18 heavy (non-hydrogen) atoms. The molecule has 4 heteroatoms. The second kappa shape index (κ2) is 5.72. The van der Waals surface area contributed by atoms with Crippen molar-refractivity contribution in [2.24, 2.45) is 0 Å². The van der Waals surface area contributed by atoms with Crippen molar-refractivity contribution in [2.75, 3.05) is 0 Å². The third kappa shape index (κ3) is 3.72. The molecule has 0 aromatic heterocycles. The van der Waals surface area contributed by atoms with E-state index in [-0.39, 0.29) is 18.0 Å². The van der Waals surface area contributed by atoms with Gasteiger partial charge in [-0.2, -0.15) is 0 Å². The number of carbonyl (C=O) groups is 1. The van der Waals surface area contributed by atoms with E-state index in [2.05, 4.69) is 10.6 Å². The van der Waals surface area contributed by atoms with Crippen molar-refractivity contribution >= 4 is 17.5 Å². The first-order valence-corrected chi connectivity index (χ1v) is 6.76. The second-order valence-corrected chi connectivity index (χ2v) is 5.38. The van der Waals surface area contributed by atoms with Gasteiger partial charge in [0.2, 0.25) is 5.91 Å². The lowest BCUT2D eigenvalue weighted by Gasteiger charge is -2.20. The molecular formula is C14H19ClN2O. The van der Waals surface area contributed by atoms with Gasteiger partial charge in [0.1, 0.15) is 0 Å². The molecule has 0 spiro atoms. The summed E-state index contributed by atoms with van der Waals surface area (Å²) in [6.07, 6.45) is 2.23. The lowest BCUT2D eigenvalue weighted by atomic mass is 10.1.